The molecule has 142 valence electrons. The van der Waals surface area contributed by atoms with Crippen LogP contribution >= 0.6 is 0 Å². The van der Waals surface area contributed by atoms with Crippen LogP contribution < -0.4 is 0 Å². The first-order chi connectivity index (χ1) is 12.8. The smallest absolute Gasteiger partial charge is 0.280 e. The molecular formula is C18H28N6O2. The van der Waals surface area contributed by atoms with Crippen molar-refractivity contribution >= 4 is 0 Å². The molecule has 0 bridgehead atoms. The molecule has 2 aliphatic heterocycles. The second-order valence-corrected chi connectivity index (χ2v) is 7.47. The maximum atomic E-state index is 5.64. The van der Waals surface area contributed by atoms with Crippen LogP contribution in [0.5, 0.6) is 0 Å². The number of hydrogen-bond acceptors (Lipinski definition) is 7. The van der Waals surface area contributed by atoms with Crippen molar-refractivity contribution in [1.82, 2.24) is 30.0 Å². The summed E-state index contributed by atoms with van der Waals surface area (Å²) in [6, 6.07) is 0. The van der Waals surface area contributed by atoms with Gasteiger partial charge in [-0.2, -0.15) is 4.98 Å². The van der Waals surface area contributed by atoms with Crippen LogP contribution in [0.25, 0.3) is 11.6 Å². The number of piperidine rings is 1. The maximum Gasteiger partial charge on any atom is 0.280 e. The average Bonchev–Trinajstić information content (AvgIpc) is 3.39. The molecule has 0 unspecified atom stereocenters. The minimum absolute atomic E-state index is 0.237. The Morgan fingerprint density at radius 2 is 2.12 bits per heavy atom. The average molecular weight is 360 g/mol. The van der Waals surface area contributed by atoms with E-state index in [-0.39, 0.29) is 6.10 Å². The summed E-state index contributed by atoms with van der Waals surface area (Å²) in [7, 11) is 0. The monoisotopic (exact) mass is 360 g/mol. The normalized spacial score (nSPS) is 22.3. The molecule has 0 aromatic carbocycles. The topological polar surface area (TPSA) is 82.1 Å². The zero-order valence-electron chi connectivity index (χ0n) is 15.5. The van der Waals surface area contributed by atoms with Crippen LogP contribution in [0.4, 0.5) is 0 Å². The van der Waals surface area contributed by atoms with Crippen molar-refractivity contribution in [3.8, 4) is 11.6 Å². The van der Waals surface area contributed by atoms with Crippen LogP contribution in [0, 0.1) is 5.92 Å². The molecule has 2 aromatic rings. The third-order valence-electron chi connectivity index (χ3n) is 5.36. The Hall–Kier alpha value is -1.80. The van der Waals surface area contributed by atoms with E-state index >= 15 is 0 Å². The molecule has 8 heteroatoms. The highest BCUT2D eigenvalue weighted by Gasteiger charge is 2.22. The fraction of sp³-hybridized carbons (Fsp3) is 0.778. The first-order valence-electron chi connectivity index (χ1n) is 9.87. The minimum atomic E-state index is 0.237. The van der Waals surface area contributed by atoms with Gasteiger partial charge < -0.3 is 14.2 Å². The van der Waals surface area contributed by atoms with Crippen molar-refractivity contribution in [3.05, 3.63) is 12.0 Å². The predicted molar refractivity (Wildman–Crippen MR) is 95.4 cm³/mol. The van der Waals surface area contributed by atoms with E-state index in [4.69, 9.17) is 9.26 Å². The van der Waals surface area contributed by atoms with Crippen molar-refractivity contribution in [3.63, 3.8) is 0 Å². The molecule has 1 atom stereocenters. The predicted octanol–water partition coefficient (Wildman–Crippen LogP) is 2.17. The summed E-state index contributed by atoms with van der Waals surface area (Å²) >= 11 is 0. The van der Waals surface area contributed by atoms with Gasteiger partial charge in [0, 0.05) is 13.0 Å². The Morgan fingerprint density at radius 3 is 2.88 bits per heavy atom. The summed E-state index contributed by atoms with van der Waals surface area (Å²) in [6.07, 6.45) is 8.83. The lowest BCUT2D eigenvalue weighted by molar-refractivity contribution is 0.0935. The van der Waals surface area contributed by atoms with Crippen LogP contribution in [0.1, 0.15) is 44.9 Å². The molecule has 4 rings (SSSR count). The van der Waals surface area contributed by atoms with Gasteiger partial charge in [-0.25, -0.2) is 4.68 Å². The molecule has 0 spiro atoms. The standard InChI is InChI=1S/C18H28N6O2/c1-2-7-23-8-5-14(6-9-23)11-17-19-18(26-21-17)16-13-24(22-20-16)12-15-4-3-10-25-15/h13-15H,2-12H2,1H3/t15-/m0/s1. The first-order valence-corrected chi connectivity index (χ1v) is 9.87. The van der Waals surface area contributed by atoms with Crippen molar-refractivity contribution in [2.24, 2.45) is 5.92 Å². The van der Waals surface area contributed by atoms with Crippen LogP contribution in [-0.4, -0.2) is 62.4 Å². The summed E-state index contributed by atoms with van der Waals surface area (Å²) < 4.78 is 12.9. The Kier molecular flexibility index (Phi) is 5.59. The first kappa shape index (κ1) is 17.6. The fourth-order valence-corrected chi connectivity index (χ4v) is 3.91. The molecule has 2 fully saturated rings. The Morgan fingerprint density at radius 1 is 1.23 bits per heavy atom. The molecule has 2 aromatic heterocycles. The lowest BCUT2D eigenvalue weighted by Gasteiger charge is -2.31. The van der Waals surface area contributed by atoms with Gasteiger partial charge in [0.15, 0.2) is 11.5 Å². The number of hydrogen-bond donors (Lipinski definition) is 0. The van der Waals surface area contributed by atoms with E-state index in [2.05, 4.69) is 32.3 Å². The Bertz CT molecular complexity index is 685. The van der Waals surface area contributed by atoms with Crippen molar-refractivity contribution in [2.75, 3.05) is 26.2 Å². The molecule has 4 heterocycles. The second-order valence-electron chi connectivity index (χ2n) is 7.47. The number of aromatic nitrogens is 5. The van der Waals surface area contributed by atoms with Gasteiger partial charge in [0.25, 0.3) is 5.89 Å². The van der Waals surface area contributed by atoms with E-state index in [0.717, 1.165) is 38.2 Å². The maximum absolute atomic E-state index is 5.64. The van der Waals surface area contributed by atoms with Gasteiger partial charge in [0.2, 0.25) is 0 Å². The lowest BCUT2D eigenvalue weighted by Crippen LogP contribution is -2.34. The largest absolute Gasteiger partial charge is 0.376 e. The van der Waals surface area contributed by atoms with Gasteiger partial charge in [0.1, 0.15) is 0 Å². The summed E-state index contributed by atoms with van der Waals surface area (Å²) in [4.78, 5) is 7.08. The Labute approximate surface area is 153 Å². The van der Waals surface area contributed by atoms with E-state index in [1.54, 1.807) is 4.68 Å². The molecule has 0 aliphatic carbocycles. The van der Waals surface area contributed by atoms with E-state index in [1.165, 1.54) is 38.9 Å². The van der Waals surface area contributed by atoms with E-state index < -0.39 is 0 Å². The molecule has 2 aliphatic rings. The number of ether oxygens (including phenoxy) is 1. The van der Waals surface area contributed by atoms with Crippen molar-refractivity contribution in [1.29, 1.82) is 0 Å². The van der Waals surface area contributed by atoms with Gasteiger partial charge in [0.05, 0.1) is 18.8 Å². The van der Waals surface area contributed by atoms with Crippen LogP contribution in [0.2, 0.25) is 0 Å². The SMILES string of the molecule is CCCN1CCC(Cc2noc(-c3cn(C[C@@H]4CCCO4)nn3)n2)CC1. The molecule has 0 amide bonds. The summed E-state index contributed by atoms with van der Waals surface area (Å²) in [5.41, 5.74) is 0.638. The van der Waals surface area contributed by atoms with Gasteiger partial charge in [-0.1, -0.05) is 17.3 Å². The number of likely N-dealkylation sites (tertiary alicyclic amines) is 1. The van der Waals surface area contributed by atoms with E-state index in [0.29, 0.717) is 17.5 Å². The van der Waals surface area contributed by atoms with Gasteiger partial charge in [-0.05, 0) is 57.7 Å². The summed E-state index contributed by atoms with van der Waals surface area (Å²) in [5.74, 6) is 1.88. The molecule has 0 saturated carbocycles. The molecular weight excluding hydrogens is 332 g/mol. The highest BCUT2D eigenvalue weighted by Crippen LogP contribution is 2.22. The fourth-order valence-electron chi connectivity index (χ4n) is 3.91. The van der Waals surface area contributed by atoms with Crippen LogP contribution in [-0.2, 0) is 17.7 Å². The zero-order valence-corrected chi connectivity index (χ0v) is 15.5. The lowest BCUT2D eigenvalue weighted by atomic mass is 9.93. The molecule has 8 nitrogen and oxygen atoms in total. The van der Waals surface area contributed by atoms with Gasteiger partial charge in [-0.3, -0.25) is 0 Å². The van der Waals surface area contributed by atoms with Crippen molar-refractivity contribution in [2.45, 2.75) is 58.1 Å². The van der Waals surface area contributed by atoms with Crippen molar-refractivity contribution < 1.29 is 9.26 Å². The van der Waals surface area contributed by atoms with Crippen LogP contribution in [0.3, 0.4) is 0 Å². The minimum Gasteiger partial charge on any atom is -0.376 e. The van der Waals surface area contributed by atoms with Gasteiger partial charge in [-0.15, -0.1) is 5.10 Å². The number of nitrogens with zero attached hydrogens (tertiary/aromatic N) is 6. The van der Waals surface area contributed by atoms with E-state index in [1.807, 2.05) is 6.20 Å². The van der Waals surface area contributed by atoms with Gasteiger partial charge >= 0.3 is 0 Å². The quantitative estimate of drug-likeness (QED) is 0.748. The zero-order chi connectivity index (χ0) is 17.8. The third-order valence-corrected chi connectivity index (χ3v) is 5.36. The number of rotatable bonds is 7. The summed E-state index contributed by atoms with van der Waals surface area (Å²) in [6.45, 7) is 7.38. The molecule has 0 N–H and O–H groups in total. The third kappa shape index (κ3) is 4.29. The second kappa shape index (κ2) is 8.26. The molecule has 26 heavy (non-hydrogen) atoms. The highest BCUT2D eigenvalue weighted by molar-refractivity contribution is 5.43. The molecule has 0 radical (unpaired) electrons. The van der Waals surface area contributed by atoms with Crippen LogP contribution in [0.15, 0.2) is 10.7 Å². The Balaban J connectivity index is 1.31. The highest BCUT2D eigenvalue weighted by atomic mass is 16.5. The molecule has 2 saturated heterocycles. The summed E-state index contributed by atoms with van der Waals surface area (Å²) in [5, 5.41) is 12.5. The van der Waals surface area contributed by atoms with E-state index in [9.17, 15) is 0 Å².